The van der Waals surface area contributed by atoms with Gasteiger partial charge in [-0.25, -0.2) is 4.39 Å². The maximum Gasteiger partial charge on any atom is 0.254 e. The van der Waals surface area contributed by atoms with E-state index in [1.165, 1.54) is 24.3 Å². The van der Waals surface area contributed by atoms with Crippen LogP contribution in [-0.4, -0.2) is 27.1 Å². The van der Waals surface area contributed by atoms with Crippen LogP contribution in [0.5, 0.6) is 5.88 Å². The third kappa shape index (κ3) is 3.44. The smallest absolute Gasteiger partial charge is 0.254 e. The van der Waals surface area contributed by atoms with Crippen molar-refractivity contribution in [2.45, 2.75) is 19.7 Å². The van der Waals surface area contributed by atoms with Crippen LogP contribution in [0.25, 0.3) is 0 Å². The Bertz CT molecular complexity index is 907. The van der Waals surface area contributed by atoms with Gasteiger partial charge in [0, 0.05) is 18.2 Å². The predicted octanol–water partition coefficient (Wildman–Crippen LogP) is 3.26. The second-order valence-corrected chi connectivity index (χ2v) is 6.20. The van der Waals surface area contributed by atoms with Crippen LogP contribution in [0.4, 0.5) is 4.39 Å². The van der Waals surface area contributed by atoms with Crippen molar-refractivity contribution in [2.75, 3.05) is 6.54 Å². The molecule has 1 aliphatic rings. The van der Waals surface area contributed by atoms with Crippen LogP contribution in [0.2, 0.25) is 0 Å². The van der Waals surface area contributed by atoms with E-state index in [1.807, 2.05) is 41.1 Å². The van der Waals surface area contributed by atoms with E-state index < -0.39 is 0 Å². The van der Waals surface area contributed by atoms with Crippen molar-refractivity contribution in [3.63, 3.8) is 0 Å². The molecule has 6 heteroatoms. The number of aromatic nitrogens is 2. The van der Waals surface area contributed by atoms with Crippen LogP contribution >= 0.6 is 0 Å². The second-order valence-electron chi connectivity index (χ2n) is 6.20. The number of amides is 1. The Morgan fingerprint density at radius 1 is 1.08 bits per heavy atom. The molecule has 2 aromatic carbocycles. The summed E-state index contributed by atoms with van der Waals surface area (Å²) in [4.78, 5) is 14.3. The fourth-order valence-electron chi connectivity index (χ4n) is 2.99. The zero-order valence-electron chi connectivity index (χ0n) is 14.1. The van der Waals surface area contributed by atoms with Crippen molar-refractivity contribution in [3.05, 3.63) is 83.3 Å². The normalized spacial score (nSPS) is 13.3. The van der Waals surface area contributed by atoms with Crippen LogP contribution in [0.1, 0.15) is 21.6 Å². The van der Waals surface area contributed by atoms with Crippen LogP contribution in [0.15, 0.2) is 60.7 Å². The number of rotatable bonds is 4. The van der Waals surface area contributed by atoms with E-state index >= 15 is 0 Å². The Kier molecular flexibility index (Phi) is 4.39. The highest BCUT2D eigenvalue weighted by molar-refractivity contribution is 5.94. The summed E-state index contributed by atoms with van der Waals surface area (Å²) in [6.07, 6.45) is 0. The van der Waals surface area contributed by atoms with E-state index in [9.17, 15) is 9.18 Å². The molecule has 1 aromatic heterocycles. The number of benzene rings is 2. The van der Waals surface area contributed by atoms with E-state index in [-0.39, 0.29) is 11.7 Å². The molecule has 2 heterocycles. The lowest BCUT2D eigenvalue weighted by Crippen LogP contribution is -2.38. The van der Waals surface area contributed by atoms with Gasteiger partial charge in [-0.3, -0.25) is 9.48 Å². The zero-order valence-corrected chi connectivity index (χ0v) is 14.1. The molecule has 0 saturated heterocycles. The topological polar surface area (TPSA) is 47.4 Å². The molecule has 0 atom stereocenters. The van der Waals surface area contributed by atoms with Gasteiger partial charge in [0.2, 0.25) is 5.88 Å². The second kappa shape index (κ2) is 7.00. The standard InChI is InChI=1S/C20H18FN3O2/c21-17-8-6-16(7-9-17)20(25)23-10-11-24-18(13-23)12-19(22-24)26-14-15-4-2-1-3-5-15/h1-9,12H,10-11,13-14H2. The Balaban J connectivity index is 1.43. The van der Waals surface area contributed by atoms with Crippen LogP contribution in [-0.2, 0) is 19.7 Å². The summed E-state index contributed by atoms with van der Waals surface area (Å²) in [7, 11) is 0. The summed E-state index contributed by atoms with van der Waals surface area (Å²) in [6, 6.07) is 17.4. The van der Waals surface area contributed by atoms with Gasteiger partial charge in [-0.2, -0.15) is 0 Å². The molecular formula is C20H18FN3O2. The van der Waals surface area contributed by atoms with E-state index in [0.717, 1.165) is 11.3 Å². The largest absolute Gasteiger partial charge is 0.472 e. The number of nitrogens with zero attached hydrogens (tertiary/aromatic N) is 3. The Morgan fingerprint density at radius 3 is 2.62 bits per heavy atom. The minimum atomic E-state index is -0.349. The molecule has 0 bridgehead atoms. The average molecular weight is 351 g/mol. The Labute approximate surface area is 150 Å². The predicted molar refractivity (Wildman–Crippen MR) is 94.1 cm³/mol. The van der Waals surface area contributed by atoms with Gasteiger partial charge in [-0.1, -0.05) is 30.3 Å². The summed E-state index contributed by atoms with van der Waals surface area (Å²) in [5, 5.41) is 4.45. The molecule has 1 aliphatic heterocycles. The number of fused-ring (bicyclic) bond motifs is 1. The van der Waals surface area contributed by atoms with Crippen molar-refractivity contribution >= 4 is 5.91 Å². The number of halogens is 1. The van der Waals surface area contributed by atoms with Gasteiger partial charge in [0.15, 0.2) is 0 Å². The minimum Gasteiger partial charge on any atom is -0.472 e. The third-order valence-electron chi connectivity index (χ3n) is 4.38. The van der Waals surface area contributed by atoms with Crippen LogP contribution in [0.3, 0.4) is 0 Å². The highest BCUT2D eigenvalue weighted by Gasteiger charge is 2.23. The maximum absolute atomic E-state index is 13.0. The molecule has 4 rings (SSSR count). The van der Waals surface area contributed by atoms with E-state index in [1.54, 1.807) is 4.90 Å². The number of carbonyl (C=O) groups is 1. The van der Waals surface area contributed by atoms with E-state index in [0.29, 0.717) is 37.7 Å². The van der Waals surface area contributed by atoms with Crippen molar-refractivity contribution in [1.29, 1.82) is 0 Å². The molecular weight excluding hydrogens is 333 g/mol. The van der Waals surface area contributed by atoms with Gasteiger partial charge in [0.05, 0.1) is 18.8 Å². The lowest BCUT2D eigenvalue weighted by atomic mass is 10.1. The number of ether oxygens (including phenoxy) is 1. The SMILES string of the molecule is O=C(c1ccc(F)cc1)N1CCn2nc(OCc3ccccc3)cc2C1. The summed E-state index contributed by atoms with van der Waals surface area (Å²) >= 11 is 0. The van der Waals surface area contributed by atoms with Gasteiger partial charge in [-0.05, 0) is 29.8 Å². The molecule has 0 radical (unpaired) electrons. The fourth-order valence-corrected chi connectivity index (χ4v) is 2.99. The molecule has 5 nitrogen and oxygen atoms in total. The molecule has 132 valence electrons. The van der Waals surface area contributed by atoms with Crippen molar-refractivity contribution in [2.24, 2.45) is 0 Å². The molecule has 0 fully saturated rings. The summed E-state index contributed by atoms with van der Waals surface area (Å²) in [6.45, 7) is 2.08. The zero-order chi connectivity index (χ0) is 17.9. The van der Waals surface area contributed by atoms with Gasteiger partial charge in [0.1, 0.15) is 12.4 Å². The lowest BCUT2D eigenvalue weighted by molar-refractivity contribution is 0.0706. The van der Waals surface area contributed by atoms with Gasteiger partial charge < -0.3 is 9.64 Å². The van der Waals surface area contributed by atoms with Crippen molar-refractivity contribution in [1.82, 2.24) is 14.7 Å². The first-order valence-corrected chi connectivity index (χ1v) is 8.47. The van der Waals surface area contributed by atoms with E-state index in [2.05, 4.69) is 5.10 Å². The number of hydrogen-bond acceptors (Lipinski definition) is 3. The lowest BCUT2D eigenvalue weighted by Gasteiger charge is -2.27. The van der Waals surface area contributed by atoms with Gasteiger partial charge in [0.25, 0.3) is 5.91 Å². The molecule has 0 aliphatic carbocycles. The highest BCUT2D eigenvalue weighted by Crippen LogP contribution is 2.20. The monoisotopic (exact) mass is 351 g/mol. The maximum atomic E-state index is 13.0. The molecule has 0 N–H and O–H groups in total. The number of carbonyl (C=O) groups excluding carboxylic acids is 1. The molecule has 0 spiro atoms. The van der Waals surface area contributed by atoms with Crippen molar-refractivity contribution < 1.29 is 13.9 Å². The average Bonchev–Trinajstić information content (AvgIpc) is 3.09. The third-order valence-corrected chi connectivity index (χ3v) is 4.38. The van der Waals surface area contributed by atoms with Gasteiger partial charge in [-0.15, -0.1) is 5.10 Å². The fraction of sp³-hybridized carbons (Fsp3) is 0.200. The first kappa shape index (κ1) is 16.3. The summed E-state index contributed by atoms with van der Waals surface area (Å²) in [5.41, 5.74) is 2.49. The molecule has 0 unspecified atom stereocenters. The first-order valence-electron chi connectivity index (χ1n) is 8.47. The Morgan fingerprint density at radius 2 is 1.85 bits per heavy atom. The molecule has 26 heavy (non-hydrogen) atoms. The van der Waals surface area contributed by atoms with Crippen LogP contribution in [0, 0.1) is 5.82 Å². The van der Waals surface area contributed by atoms with E-state index in [4.69, 9.17) is 4.74 Å². The van der Waals surface area contributed by atoms with Gasteiger partial charge >= 0.3 is 0 Å². The first-order chi connectivity index (χ1) is 12.7. The quantitative estimate of drug-likeness (QED) is 0.725. The molecule has 0 saturated carbocycles. The van der Waals surface area contributed by atoms with Crippen molar-refractivity contribution in [3.8, 4) is 5.88 Å². The van der Waals surface area contributed by atoms with Crippen LogP contribution < -0.4 is 4.74 Å². The highest BCUT2D eigenvalue weighted by atomic mass is 19.1. The Hall–Kier alpha value is -3.15. The minimum absolute atomic E-state index is 0.107. The summed E-state index contributed by atoms with van der Waals surface area (Å²) in [5.74, 6) is 0.0996. The molecule has 3 aromatic rings. The summed E-state index contributed by atoms with van der Waals surface area (Å²) < 4.78 is 20.7. The molecule has 1 amide bonds. The number of hydrogen-bond donors (Lipinski definition) is 0.